The molecule has 37 heavy (non-hydrogen) atoms. The fourth-order valence-corrected chi connectivity index (χ4v) is 4.73. The summed E-state index contributed by atoms with van der Waals surface area (Å²) >= 11 is 5.54. The van der Waals surface area contributed by atoms with Crippen LogP contribution in [0.4, 0.5) is 13.2 Å². The lowest BCUT2D eigenvalue weighted by atomic mass is 9.98. The molecule has 0 unspecified atom stereocenters. The zero-order valence-electron chi connectivity index (χ0n) is 21.2. The van der Waals surface area contributed by atoms with Crippen molar-refractivity contribution >= 4 is 22.4 Å². The van der Waals surface area contributed by atoms with Crippen LogP contribution in [0.5, 0.6) is 0 Å². The Balaban J connectivity index is 1.27. The Morgan fingerprint density at radius 2 is 1.62 bits per heavy atom. The van der Waals surface area contributed by atoms with E-state index in [-0.39, 0.29) is 18.2 Å². The fraction of sp³-hybridized carbons (Fsp3) is 0.467. The van der Waals surface area contributed by atoms with E-state index in [4.69, 9.17) is 25.8 Å². The Bertz CT molecular complexity index is 1160. The highest BCUT2D eigenvalue weighted by atomic mass is 35.5. The first-order chi connectivity index (χ1) is 17.9. The number of hydrogen-bond acceptors (Lipinski definition) is 3. The molecule has 1 aliphatic rings. The highest BCUT2D eigenvalue weighted by Gasteiger charge is 2.22. The largest absolute Gasteiger partial charge is 0.373 e. The van der Waals surface area contributed by atoms with E-state index in [1.54, 1.807) is 12.1 Å². The van der Waals surface area contributed by atoms with Crippen molar-refractivity contribution in [1.29, 1.82) is 0 Å². The van der Waals surface area contributed by atoms with Gasteiger partial charge in [0.05, 0.1) is 13.2 Å². The minimum Gasteiger partial charge on any atom is -0.373 e. The van der Waals surface area contributed by atoms with Crippen molar-refractivity contribution in [2.24, 2.45) is 0 Å². The first-order valence-corrected chi connectivity index (χ1v) is 13.5. The lowest BCUT2D eigenvalue weighted by Gasteiger charge is -2.29. The molecule has 1 heterocycles. The number of ether oxygens (including phenoxy) is 3. The standard InChI is InChI=1S/C30H34ClF3O3/c1-2-3-4-5-14-35-24-18-36-28(37-19-24)13-8-20-7-12-25-23(15-20)11-10-22(30(25)34)9-6-21-16-26(32)29(31)27(33)17-21/h7,10-12,15-17,24,28H,2-6,8-9,13-14,18-19H2,1H3. The second-order valence-corrected chi connectivity index (χ2v) is 10.0. The van der Waals surface area contributed by atoms with Crippen molar-refractivity contribution in [2.75, 3.05) is 19.8 Å². The highest BCUT2D eigenvalue weighted by Crippen LogP contribution is 2.26. The quantitative estimate of drug-likeness (QED) is 0.174. The van der Waals surface area contributed by atoms with Crippen LogP contribution >= 0.6 is 11.6 Å². The normalized spacial score (nSPS) is 18.0. The van der Waals surface area contributed by atoms with E-state index in [1.165, 1.54) is 31.4 Å². The van der Waals surface area contributed by atoms with Gasteiger partial charge in [0.15, 0.2) is 6.29 Å². The van der Waals surface area contributed by atoms with Crippen molar-refractivity contribution in [3.05, 3.63) is 81.6 Å². The van der Waals surface area contributed by atoms with Crippen LogP contribution in [0.1, 0.15) is 55.7 Å². The lowest BCUT2D eigenvalue weighted by molar-refractivity contribution is -0.227. The highest BCUT2D eigenvalue weighted by molar-refractivity contribution is 6.30. The van der Waals surface area contributed by atoms with Crippen LogP contribution in [-0.4, -0.2) is 32.2 Å². The maximum Gasteiger partial charge on any atom is 0.158 e. The van der Waals surface area contributed by atoms with Gasteiger partial charge in [0, 0.05) is 18.4 Å². The molecule has 3 aromatic carbocycles. The van der Waals surface area contributed by atoms with Gasteiger partial charge in [-0.25, -0.2) is 13.2 Å². The molecule has 0 aliphatic carbocycles. The Hall–Kier alpha value is -2.12. The molecule has 1 aliphatic heterocycles. The molecule has 3 aromatic rings. The van der Waals surface area contributed by atoms with Gasteiger partial charge in [-0.2, -0.15) is 0 Å². The number of fused-ring (bicyclic) bond motifs is 1. The molecule has 4 rings (SSSR count). The molecule has 7 heteroatoms. The Labute approximate surface area is 221 Å². The van der Waals surface area contributed by atoms with Gasteiger partial charge in [-0.05, 0) is 59.9 Å². The Morgan fingerprint density at radius 1 is 0.865 bits per heavy atom. The number of unbranched alkanes of at least 4 members (excludes halogenated alkanes) is 3. The predicted molar refractivity (Wildman–Crippen MR) is 141 cm³/mol. The van der Waals surface area contributed by atoms with Gasteiger partial charge in [0.1, 0.15) is 28.6 Å². The summed E-state index contributed by atoms with van der Waals surface area (Å²) in [5.74, 6) is -1.92. The summed E-state index contributed by atoms with van der Waals surface area (Å²) in [7, 11) is 0. The van der Waals surface area contributed by atoms with Crippen LogP contribution in [0.3, 0.4) is 0 Å². The van der Waals surface area contributed by atoms with Gasteiger partial charge in [0.25, 0.3) is 0 Å². The molecule has 0 spiro atoms. The number of halogens is 4. The molecule has 3 nitrogen and oxygen atoms in total. The minimum atomic E-state index is -0.807. The van der Waals surface area contributed by atoms with Crippen molar-refractivity contribution < 1.29 is 27.4 Å². The van der Waals surface area contributed by atoms with Crippen LogP contribution in [0, 0.1) is 17.5 Å². The third kappa shape index (κ3) is 7.70. The van der Waals surface area contributed by atoms with Gasteiger partial charge < -0.3 is 14.2 Å². The second kappa shape index (κ2) is 13.6. The summed E-state index contributed by atoms with van der Waals surface area (Å²) in [6.45, 7) is 4.02. The summed E-state index contributed by atoms with van der Waals surface area (Å²) in [5.41, 5.74) is 2.02. The van der Waals surface area contributed by atoms with E-state index >= 15 is 4.39 Å². The van der Waals surface area contributed by atoms with Crippen LogP contribution in [0.25, 0.3) is 10.8 Å². The summed E-state index contributed by atoms with van der Waals surface area (Å²) < 4.78 is 60.1. The number of rotatable bonds is 12. The molecule has 0 radical (unpaired) electrons. The summed E-state index contributed by atoms with van der Waals surface area (Å²) in [6.07, 6.45) is 6.52. The first kappa shape index (κ1) is 27.9. The van der Waals surface area contributed by atoms with Crippen LogP contribution in [0.2, 0.25) is 5.02 Å². The molecule has 0 amide bonds. The maximum atomic E-state index is 15.2. The third-order valence-electron chi connectivity index (χ3n) is 6.78. The average molecular weight is 535 g/mol. The van der Waals surface area contributed by atoms with E-state index in [0.717, 1.165) is 30.4 Å². The zero-order valence-corrected chi connectivity index (χ0v) is 22.0. The molecular formula is C30H34ClF3O3. The predicted octanol–water partition coefficient (Wildman–Crippen LogP) is 7.97. The van der Waals surface area contributed by atoms with E-state index in [1.807, 2.05) is 18.2 Å². The molecule has 200 valence electrons. The van der Waals surface area contributed by atoms with Crippen LogP contribution in [0.15, 0.2) is 42.5 Å². The topological polar surface area (TPSA) is 27.7 Å². The number of aryl methyl sites for hydroxylation is 3. The SMILES string of the molecule is CCCCCCOC1COC(CCc2ccc3c(F)c(CCc4cc(F)c(Cl)c(F)c4)ccc3c2)OC1. The zero-order chi connectivity index (χ0) is 26.2. The molecule has 1 fully saturated rings. The van der Waals surface area contributed by atoms with Crippen molar-refractivity contribution in [1.82, 2.24) is 0 Å². The number of hydrogen-bond donors (Lipinski definition) is 0. The molecule has 0 N–H and O–H groups in total. The van der Waals surface area contributed by atoms with Gasteiger partial charge >= 0.3 is 0 Å². The van der Waals surface area contributed by atoms with Crippen molar-refractivity contribution in [3.63, 3.8) is 0 Å². The Morgan fingerprint density at radius 3 is 2.35 bits per heavy atom. The van der Waals surface area contributed by atoms with E-state index < -0.39 is 16.7 Å². The first-order valence-electron chi connectivity index (χ1n) is 13.1. The average Bonchev–Trinajstić information content (AvgIpc) is 2.90. The summed E-state index contributed by atoms with van der Waals surface area (Å²) in [4.78, 5) is 0. The fourth-order valence-electron chi connectivity index (χ4n) is 4.62. The maximum absolute atomic E-state index is 15.2. The van der Waals surface area contributed by atoms with Gasteiger partial charge in [-0.3, -0.25) is 0 Å². The lowest BCUT2D eigenvalue weighted by Crippen LogP contribution is -2.37. The van der Waals surface area contributed by atoms with Crippen molar-refractivity contribution in [3.8, 4) is 0 Å². The van der Waals surface area contributed by atoms with Gasteiger partial charge in [-0.15, -0.1) is 0 Å². The summed E-state index contributed by atoms with van der Waals surface area (Å²) in [6, 6.07) is 11.7. The van der Waals surface area contributed by atoms with E-state index in [9.17, 15) is 8.78 Å². The summed E-state index contributed by atoms with van der Waals surface area (Å²) in [5, 5.41) is 0.813. The van der Waals surface area contributed by atoms with Gasteiger partial charge in [0.2, 0.25) is 0 Å². The van der Waals surface area contributed by atoms with E-state index in [2.05, 4.69) is 6.92 Å². The minimum absolute atomic E-state index is 0.00606. The van der Waals surface area contributed by atoms with Crippen molar-refractivity contribution in [2.45, 2.75) is 70.7 Å². The molecule has 0 aromatic heterocycles. The molecule has 1 saturated heterocycles. The second-order valence-electron chi connectivity index (χ2n) is 9.66. The van der Waals surface area contributed by atoms with E-state index in [0.29, 0.717) is 49.0 Å². The van der Waals surface area contributed by atoms with Gasteiger partial charge in [-0.1, -0.05) is 68.1 Å². The van der Waals surface area contributed by atoms with Crippen LogP contribution in [-0.2, 0) is 33.5 Å². The molecule has 0 bridgehead atoms. The monoisotopic (exact) mass is 534 g/mol. The van der Waals surface area contributed by atoms with Crippen LogP contribution < -0.4 is 0 Å². The number of benzene rings is 3. The Kier molecular flexibility index (Phi) is 10.3. The molecular weight excluding hydrogens is 501 g/mol. The third-order valence-corrected chi connectivity index (χ3v) is 7.14. The molecule has 0 atom stereocenters. The smallest absolute Gasteiger partial charge is 0.158 e. The molecule has 0 saturated carbocycles.